The van der Waals surface area contributed by atoms with Crippen molar-refractivity contribution in [2.75, 3.05) is 32.1 Å². The van der Waals surface area contributed by atoms with Crippen LogP contribution in [0.15, 0.2) is 73.1 Å². The Labute approximate surface area is 209 Å². The van der Waals surface area contributed by atoms with Gasteiger partial charge < -0.3 is 15.4 Å². The number of benzene rings is 2. The molecule has 182 valence electrons. The van der Waals surface area contributed by atoms with Crippen molar-refractivity contribution in [3.63, 3.8) is 0 Å². The standard InChI is InChI=1S/C27H35N5O.ClH/c1-33-25-15-6-5-13-23(25)21-31-24-14-9-20-32(26(24)22-11-3-2-4-12-22)19-8-7-16-28-27-29-17-10-18-30-27;/h2-6,10-13,15,17-18,24,26,31H,7-9,14,16,19-21H2,1H3,(H,28,29,30);1H/t24-,26-;/m0./s1. The molecule has 34 heavy (non-hydrogen) atoms. The molecule has 0 aliphatic carbocycles. The summed E-state index contributed by atoms with van der Waals surface area (Å²) in [4.78, 5) is 11.1. The highest BCUT2D eigenvalue weighted by Crippen LogP contribution is 2.32. The largest absolute Gasteiger partial charge is 0.496 e. The predicted molar refractivity (Wildman–Crippen MR) is 141 cm³/mol. The molecule has 2 N–H and O–H groups in total. The molecule has 2 atom stereocenters. The normalized spacial score (nSPS) is 18.1. The van der Waals surface area contributed by atoms with Crippen LogP contribution in [0.25, 0.3) is 0 Å². The molecular formula is C27H36ClN5O. The number of nitrogens with zero attached hydrogens (tertiary/aromatic N) is 3. The van der Waals surface area contributed by atoms with Crippen LogP contribution in [0.5, 0.6) is 5.75 Å². The molecule has 2 heterocycles. The fourth-order valence-corrected chi connectivity index (χ4v) is 4.74. The maximum atomic E-state index is 5.56. The van der Waals surface area contributed by atoms with Crippen LogP contribution in [0.2, 0.25) is 0 Å². The fourth-order valence-electron chi connectivity index (χ4n) is 4.74. The van der Waals surface area contributed by atoms with Crippen molar-refractivity contribution in [2.45, 2.75) is 44.3 Å². The summed E-state index contributed by atoms with van der Waals surface area (Å²) < 4.78 is 5.56. The summed E-state index contributed by atoms with van der Waals surface area (Å²) in [5.41, 5.74) is 2.60. The molecular weight excluding hydrogens is 446 g/mol. The lowest BCUT2D eigenvalue weighted by Gasteiger charge is -2.42. The van der Waals surface area contributed by atoms with Crippen molar-refractivity contribution in [1.29, 1.82) is 0 Å². The zero-order chi connectivity index (χ0) is 22.7. The lowest BCUT2D eigenvalue weighted by molar-refractivity contribution is 0.109. The molecule has 0 unspecified atom stereocenters. The Kier molecular flexibility index (Phi) is 10.6. The number of unbranched alkanes of at least 4 members (excludes halogenated alkanes) is 1. The summed E-state index contributed by atoms with van der Waals surface area (Å²) in [5, 5.41) is 7.18. The van der Waals surface area contributed by atoms with Gasteiger partial charge in [-0.15, -0.1) is 12.4 Å². The predicted octanol–water partition coefficient (Wildman–Crippen LogP) is 5.09. The van der Waals surface area contributed by atoms with Crippen LogP contribution in [-0.4, -0.2) is 47.7 Å². The topological polar surface area (TPSA) is 62.3 Å². The van der Waals surface area contributed by atoms with Gasteiger partial charge >= 0.3 is 0 Å². The van der Waals surface area contributed by atoms with E-state index in [0.717, 1.165) is 44.8 Å². The van der Waals surface area contributed by atoms with Gasteiger partial charge in [-0.3, -0.25) is 4.90 Å². The minimum absolute atomic E-state index is 0. The zero-order valence-corrected chi connectivity index (χ0v) is 20.7. The van der Waals surface area contributed by atoms with E-state index < -0.39 is 0 Å². The van der Waals surface area contributed by atoms with E-state index in [4.69, 9.17) is 4.74 Å². The van der Waals surface area contributed by atoms with E-state index >= 15 is 0 Å². The lowest BCUT2D eigenvalue weighted by Crippen LogP contribution is -2.48. The van der Waals surface area contributed by atoms with Gasteiger partial charge in [-0.05, 0) is 56.5 Å². The van der Waals surface area contributed by atoms with Crippen LogP contribution in [0.1, 0.15) is 42.9 Å². The second-order valence-electron chi connectivity index (χ2n) is 8.54. The maximum absolute atomic E-state index is 5.56. The number of ether oxygens (including phenoxy) is 1. The maximum Gasteiger partial charge on any atom is 0.222 e. The van der Waals surface area contributed by atoms with Gasteiger partial charge in [0, 0.05) is 37.1 Å². The van der Waals surface area contributed by atoms with Gasteiger partial charge in [0.25, 0.3) is 0 Å². The van der Waals surface area contributed by atoms with E-state index in [1.165, 1.54) is 24.0 Å². The smallest absolute Gasteiger partial charge is 0.222 e. The summed E-state index contributed by atoms with van der Waals surface area (Å²) in [5.74, 6) is 1.65. The summed E-state index contributed by atoms with van der Waals surface area (Å²) in [6.07, 6.45) is 8.16. The number of rotatable bonds is 11. The summed E-state index contributed by atoms with van der Waals surface area (Å²) in [6, 6.07) is 21.9. The Hall–Kier alpha value is -2.67. The SMILES string of the molecule is COc1ccccc1CN[C@H]1CCCN(CCCCNc2ncccn2)[C@H]1c1ccccc1.Cl. The second-order valence-corrected chi connectivity index (χ2v) is 8.54. The Morgan fingerprint density at radius 1 is 0.971 bits per heavy atom. The fraction of sp³-hybridized carbons (Fsp3) is 0.407. The molecule has 0 saturated carbocycles. The van der Waals surface area contributed by atoms with Crippen molar-refractivity contribution in [2.24, 2.45) is 0 Å². The first-order valence-corrected chi connectivity index (χ1v) is 12.0. The van der Waals surface area contributed by atoms with Gasteiger partial charge in [-0.2, -0.15) is 0 Å². The highest BCUT2D eigenvalue weighted by Gasteiger charge is 2.32. The molecule has 4 rings (SSSR count). The lowest BCUT2D eigenvalue weighted by atomic mass is 9.89. The quantitative estimate of drug-likeness (QED) is 0.372. The third-order valence-corrected chi connectivity index (χ3v) is 6.34. The van der Waals surface area contributed by atoms with E-state index in [1.54, 1.807) is 19.5 Å². The van der Waals surface area contributed by atoms with E-state index in [2.05, 4.69) is 68.0 Å². The Balaban J connectivity index is 0.00000324. The molecule has 0 spiro atoms. The van der Waals surface area contributed by atoms with Crippen molar-refractivity contribution < 1.29 is 4.74 Å². The summed E-state index contributed by atoms with van der Waals surface area (Å²) in [6.45, 7) is 3.93. The summed E-state index contributed by atoms with van der Waals surface area (Å²) in [7, 11) is 1.74. The van der Waals surface area contributed by atoms with E-state index in [9.17, 15) is 0 Å². The number of likely N-dealkylation sites (tertiary alicyclic amines) is 1. The second kappa shape index (κ2) is 13.9. The number of methoxy groups -OCH3 is 1. The Bertz CT molecular complexity index is 960. The van der Waals surface area contributed by atoms with Crippen LogP contribution >= 0.6 is 12.4 Å². The molecule has 3 aromatic rings. The van der Waals surface area contributed by atoms with Gasteiger partial charge in [0.1, 0.15) is 5.75 Å². The minimum atomic E-state index is 0. The van der Waals surface area contributed by atoms with Crippen LogP contribution in [0.3, 0.4) is 0 Å². The number of para-hydroxylation sites is 1. The molecule has 1 aromatic heterocycles. The molecule has 1 aliphatic rings. The third-order valence-electron chi connectivity index (χ3n) is 6.34. The number of hydrogen-bond acceptors (Lipinski definition) is 6. The molecule has 1 saturated heterocycles. The van der Waals surface area contributed by atoms with E-state index in [0.29, 0.717) is 18.0 Å². The van der Waals surface area contributed by atoms with Gasteiger partial charge in [0.05, 0.1) is 13.2 Å². The number of piperidine rings is 1. The molecule has 7 heteroatoms. The Morgan fingerprint density at radius 3 is 2.53 bits per heavy atom. The van der Waals surface area contributed by atoms with Gasteiger partial charge in [-0.25, -0.2) is 9.97 Å². The highest BCUT2D eigenvalue weighted by atomic mass is 35.5. The first-order chi connectivity index (χ1) is 16.3. The number of anilines is 1. The van der Waals surface area contributed by atoms with Crippen LogP contribution in [-0.2, 0) is 6.54 Å². The van der Waals surface area contributed by atoms with Crippen molar-refractivity contribution >= 4 is 18.4 Å². The van der Waals surface area contributed by atoms with E-state index in [1.807, 2.05) is 18.2 Å². The van der Waals surface area contributed by atoms with Gasteiger partial charge in [0.15, 0.2) is 0 Å². The molecule has 1 fully saturated rings. The van der Waals surface area contributed by atoms with Crippen molar-refractivity contribution in [3.8, 4) is 5.75 Å². The highest BCUT2D eigenvalue weighted by molar-refractivity contribution is 5.85. The molecule has 6 nitrogen and oxygen atoms in total. The number of halogens is 1. The molecule has 0 bridgehead atoms. The first kappa shape index (κ1) is 25.9. The average molecular weight is 482 g/mol. The number of nitrogens with one attached hydrogen (secondary N) is 2. The zero-order valence-electron chi connectivity index (χ0n) is 19.9. The monoisotopic (exact) mass is 481 g/mol. The average Bonchev–Trinajstić information content (AvgIpc) is 2.88. The molecule has 2 aromatic carbocycles. The van der Waals surface area contributed by atoms with E-state index in [-0.39, 0.29) is 12.4 Å². The minimum Gasteiger partial charge on any atom is -0.496 e. The first-order valence-electron chi connectivity index (χ1n) is 12.0. The van der Waals surface area contributed by atoms with Crippen LogP contribution in [0, 0.1) is 0 Å². The van der Waals surface area contributed by atoms with Crippen LogP contribution < -0.4 is 15.4 Å². The Morgan fingerprint density at radius 2 is 1.74 bits per heavy atom. The van der Waals surface area contributed by atoms with Crippen LogP contribution in [0.4, 0.5) is 5.95 Å². The number of aromatic nitrogens is 2. The van der Waals surface area contributed by atoms with Gasteiger partial charge in [-0.1, -0.05) is 48.5 Å². The summed E-state index contributed by atoms with van der Waals surface area (Å²) >= 11 is 0. The third kappa shape index (κ3) is 7.16. The molecule has 0 amide bonds. The number of hydrogen-bond donors (Lipinski definition) is 2. The van der Waals surface area contributed by atoms with Crippen molar-refractivity contribution in [3.05, 3.63) is 84.2 Å². The molecule has 1 aliphatic heterocycles. The van der Waals surface area contributed by atoms with Crippen molar-refractivity contribution in [1.82, 2.24) is 20.2 Å². The molecule has 0 radical (unpaired) electrons. The van der Waals surface area contributed by atoms with Gasteiger partial charge in [0.2, 0.25) is 5.95 Å².